The highest BCUT2D eigenvalue weighted by Crippen LogP contribution is 2.20. The molecule has 6 heteroatoms. The van der Waals surface area contributed by atoms with Crippen molar-refractivity contribution >= 4 is 0 Å². The lowest BCUT2D eigenvalue weighted by atomic mass is 10.1. The zero-order chi connectivity index (χ0) is 13.7. The molecule has 18 heavy (non-hydrogen) atoms. The van der Waals surface area contributed by atoms with E-state index in [0.717, 1.165) is 6.07 Å². The molecule has 1 aromatic rings. The molecule has 0 fully saturated rings. The highest BCUT2D eigenvalue weighted by Gasteiger charge is 2.17. The number of hydrogen-bond donors (Lipinski definition) is 2. The van der Waals surface area contributed by atoms with Gasteiger partial charge in [-0.1, -0.05) is 0 Å². The Morgan fingerprint density at radius 2 is 1.78 bits per heavy atom. The number of nitrogens with one attached hydrogen (secondary N) is 1. The molecule has 0 aliphatic heterocycles. The first-order chi connectivity index (χ1) is 8.45. The van der Waals surface area contributed by atoms with E-state index < -0.39 is 30.1 Å². The minimum Gasteiger partial charge on any atom is -0.394 e. The molecule has 0 saturated heterocycles. The summed E-state index contributed by atoms with van der Waals surface area (Å²) in [6, 6.07) is 0.509. The van der Waals surface area contributed by atoms with E-state index in [0.29, 0.717) is 19.2 Å². The summed E-state index contributed by atoms with van der Waals surface area (Å²) in [4.78, 5) is 1.91. The lowest BCUT2D eigenvalue weighted by molar-refractivity contribution is 0.237. The van der Waals surface area contributed by atoms with Crippen LogP contribution in [0.3, 0.4) is 0 Å². The topological polar surface area (TPSA) is 35.5 Å². The SMILES string of the molecule is CN(C)CCNC(CO)c1cc(F)c(F)cc1F. The first kappa shape index (κ1) is 14.9. The van der Waals surface area contributed by atoms with Crippen molar-refractivity contribution in [3.8, 4) is 0 Å². The number of aliphatic hydroxyl groups excluding tert-OH is 1. The first-order valence-corrected chi connectivity index (χ1v) is 5.59. The van der Waals surface area contributed by atoms with Crippen molar-refractivity contribution in [1.82, 2.24) is 10.2 Å². The van der Waals surface area contributed by atoms with E-state index >= 15 is 0 Å². The molecule has 102 valence electrons. The lowest BCUT2D eigenvalue weighted by Gasteiger charge is -2.19. The van der Waals surface area contributed by atoms with Gasteiger partial charge in [0.25, 0.3) is 0 Å². The molecule has 0 bridgehead atoms. The fraction of sp³-hybridized carbons (Fsp3) is 0.500. The molecule has 0 amide bonds. The van der Waals surface area contributed by atoms with Crippen LogP contribution >= 0.6 is 0 Å². The highest BCUT2D eigenvalue weighted by atomic mass is 19.2. The molecule has 0 aliphatic carbocycles. The van der Waals surface area contributed by atoms with Gasteiger partial charge in [-0.3, -0.25) is 0 Å². The van der Waals surface area contributed by atoms with Gasteiger partial charge < -0.3 is 15.3 Å². The van der Waals surface area contributed by atoms with Crippen LogP contribution in [0.15, 0.2) is 12.1 Å². The molecule has 0 heterocycles. The standard InChI is InChI=1S/C12H17F3N2O/c1-17(2)4-3-16-12(7-18)8-5-10(14)11(15)6-9(8)13/h5-6,12,16,18H,3-4,7H2,1-2H3. The Kier molecular flexibility index (Phi) is 5.58. The van der Waals surface area contributed by atoms with Crippen LogP contribution in [0.25, 0.3) is 0 Å². The average molecular weight is 262 g/mol. The molecule has 1 rings (SSSR count). The van der Waals surface area contributed by atoms with E-state index in [2.05, 4.69) is 5.32 Å². The molecule has 1 unspecified atom stereocenters. The molecule has 0 spiro atoms. The van der Waals surface area contributed by atoms with E-state index in [9.17, 15) is 18.3 Å². The van der Waals surface area contributed by atoms with Crippen LogP contribution < -0.4 is 5.32 Å². The predicted octanol–water partition coefficient (Wildman–Crippen LogP) is 1.29. The first-order valence-electron chi connectivity index (χ1n) is 5.59. The normalized spacial score (nSPS) is 13.1. The minimum absolute atomic E-state index is 0.0739. The summed E-state index contributed by atoms with van der Waals surface area (Å²) >= 11 is 0. The number of likely N-dealkylation sites (N-methyl/N-ethyl adjacent to an activating group) is 1. The van der Waals surface area contributed by atoms with Crippen molar-refractivity contribution in [2.45, 2.75) is 6.04 Å². The van der Waals surface area contributed by atoms with Crippen molar-refractivity contribution in [2.24, 2.45) is 0 Å². The van der Waals surface area contributed by atoms with Gasteiger partial charge in [-0.15, -0.1) is 0 Å². The van der Waals surface area contributed by atoms with Gasteiger partial charge >= 0.3 is 0 Å². The van der Waals surface area contributed by atoms with E-state index in [1.165, 1.54) is 0 Å². The molecule has 1 aromatic carbocycles. The second-order valence-electron chi connectivity index (χ2n) is 4.28. The van der Waals surface area contributed by atoms with E-state index in [4.69, 9.17) is 0 Å². The van der Waals surface area contributed by atoms with Gasteiger partial charge in [0.05, 0.1) is 12.6 Å². The lowest BCUT2D eigenvalue weighted by Crippen LogP contribution is -2.32. The zero-order valence-electron chi connectivity index (χ0n) is 10.4. The van der Waals surface area contributed by atoms with Crippen LogP contribution in [0.5, 0.6) is 0 Å². The van der Waals surface area contributed by atoms with Gasteiger partial charge in [-0.2, -0.15) is 0 Å². The summed E-state index contributed by atoms with van der Waals surface area (Å²) < 4.78 is 39.3. The Labute approximate surface area is 104 Å². The Morgan fingerprint density at radius 3 is 2.33 bits per heavy atom. The molecular weight excluding hydrogens is 245 g/mol. The monoisotopic (exact) mass is 262 g/mol. The van der Waals surface area contributed by atoms with Crippen LogP contribution in [0.1, 0.15) is 11.6 Å². The number of rotatable bonds is 6. The minimum atomic E-state index is -1.23. The van der Waals surface area contributed by atoms with Crippen LogP contribution in [0.2, 0.25) is 0 Å². The van der Waals surface area contributed by atoms with Crippen molar-refractivity contribution in [2.75, 3.05) is 33.8 Å². The molecule has 1 atom stereocenters. The Bertz CT molecular complexity index is 399. The second-order valence-corrected chi connectivity index (χ2v) is 4.28. The highest BCUT2D eigenvalue weighted by molar-refractivity contribution is 5.23. The zero-order valence-corrected chi connectivity index (χ0v) is 10.4. The summed E-state index contributed by atoms with van der Waals surface area (Å²) in [5.41, 5.74) is -0.0739. The van der Waals surface area contributed by atoms with E-state index in [1.54, 1.807) is 0 Å². The summed E-state index contributed by atoms with van der Waals surface area (Å²) in [7, 11) is 3.74. The third kappa shape index (κ3) is 3.97. The van der Waals surface area contributed by atoms with Gasteiger partial charge in [-0.05, 0) is 20.2 Å². The van der Waals surface area contributed by atoms with Crippen LogP contribution in [-0.4, -0.2) is 43.8 Å². The van der Waals surface area contributed by atoms with Crippen LogP contribution in [0, 0.1) is 17.5 Å². The Hall–Kier alpha value is -1.11. The second kappa shape index (κ2) is 6.72. The van der Waals surface area contributed by atoms with Crippen molar-refractivity contribution < 1.29 is 18.3 Å². The van der Waals surface area contributed by atoms with E-state index in [-0.39, 0.29) is 5.56 Å². The van der Waals surface area contributed by atoms with Crippen molar-refractivity contribution in [3.05, 3.63) is 35.1 Å². The smallest absolute Gasteiger partial charge is 0.161 e. The maximum absolute atomic E-state index is 13.5. The largest absolute Gasteiger partial charge is 0.394 e. The van der Waals surface area contributed by atoms with Gasteiger partial charge in [0, 0.05) is 24.7 Å². The summed E-state index contributed by atoms with van der Waals surface area (Å²) in [5, 5.41) is 12.1. The van der Waals surface area contributed by atoms with Crippen molar-refractivity contribution in [1.29, 1.82) is 0 Å². The maximum Gasteiger partial charge on any atom is 0.161 e. The number of hydrogen-bond acceptors (Lipinski definition) is 3. The Morgan fingerprint density at radius 1 is 1.17 bits per heavy atom. The predicted molar refractivity (Wildman–Crippen MR) is 62.7 cm³/mol. The van der Waals surface area contributed by atoms with Crippen LogP contribution in [-0.2, 0) is 0 Å². The molecule has 0 aromatic heterocycles. The molecule has 0 radical (unpaired) electrons. The number of nitrogens with zero attached hydrogens (tertiary/aromatic N) is 1. The Balaban J connectivity index is 2.78. The van der Waals surface area contributed by atoms with Gasteiger partial charge in [0.1, 0.15) is 5.82 Å². The van der Waals surface area contributed by atoms with Crippen LogP contribution in [0.4, 0.5) is 13.2 Å². The van der Waals surface area contributed by atoms with Gasteiger partial charge in [0.15, 0.2) is 11.6 Å². The molecule has 0 saturated carbocycles. The third-order valence-corrected chi connectivity index (χ3v) is 2.55. The molecule has 3 nitrogen and oxygen atoms in total. The number of halogens is 3. The summed E-state index contributed by atoms with van der Waals surface area (Å²) in [6.07, 6.45) is 0. The molecule has 0 aliphatic rings. The summed E-state index contributed by atoms with van der Waals surface area (Å²) in [6.45, 7) is 0.786. The average Bonchev–Trinajstić information content (AvgIpc) is 2.30. The summed E-state index contributed by atoms with van der Waals surface area (Å²) in [5.74, 6) is -3.23. The maximum atomic E-state index is 13.5. The fourth-order valence-corrected chi connectivity index (χ4v) is 1.54. The van der Waals surface area contributed by atoms with Gasteiger partial charge in [0.2, 0.25) is 0 Å². The molecular formula is C12H17F3N2O. The van der Waals surface area contributed by atoms with E-state index in [1.807, 2.05) is 19.0 Å². The molecule has 2 N–H and O–H groups in total. The fourth-order valence-electron chi connectivity index (χ4n) is 1.54. The third-order valence-electron chi connectivity index (χ3n) is 2.55. The van der Waals surface area contributed by atoms with Crippen molar-refractivity contribution in [3.63, 3.8) is 0 Å². The number of benzene rings is 1. The number of aliphatic hydroxyl groups is 1. The quantitative estimate of drug-likeness (QED) is 0.758. The van der Waals surface area contributed by atoms with Gasteiger partial charge in [-0.25, -0.2) is 13.2 Å².